The molecule has 0 radical (unpaired) electrons. The lowest BCUT2D eigenvalue weighted by Crippen LogP contribution is -2.27. The van der Waals surface area contributed by atoms with Gasteiger partial charge in [0.15, 0.2) is 0 Å². The number of nitrogens with zero attached hydrogens (tertiary/aromatic N) is 3. The molecule has 1 aromatic carbocycles. The first-order chi connectivity index (χ1) is 11.8. The van der Waals surface area contributed by atoms with E-state index < -0.39 is 0 Å². The molecule has 120 valence electrons. The summed E-state index contributed by atoms with van der Waals surface area (Å²) in [7, 11) is 0. The number of benzene rings is 1. The van der Waals surface area contributed by atoms with Crippen molar-refractivity contribution in [1.29, 1.82) is 0 Å². The lowest BCUT2D eigenvalue weighted by molar-refractivity contribution is 0.0793. The van der Waals surface area contributed by atoms with Crippen LogP contribution in [0.25, 0.3) is 22.5 Å². The Morgan fingerprint density at radius 1 is 1.00 bits per heavy atom. The highest BCUT2D eigenvalue weighted by atomic mass is 16.2. The highest BCUT2D eigenvalue weighted by Crippen LogP contribution is 2.25. The fourth-order valence-corrected chi connectivity index (χ4v) is 3.09. The molecule has 2 aromatic heterocycles. The number of hydrogen-bond acceptors (Lipinski definition) is 3. The highest BCUT2D eigenvalue weighted by molar-refractivity contribution is 5.95. The standard InChI is InChI=1S/C19H18N4O/c24-19(23-10-1-2-11-23)16-6-8-20-18(13-16)15-5-3-4-14(12-15)17-7-9-21-22-17/h3-9,12-13H,1-2,10-11H2,(H,21,22). The fourth-order valence-electron chi connectivity index (χ4n) is 3.09. The van der Waals surface area contributed by atoms with Crippen molar-refractivity contribution < 1.29 is 4.79 Å². The minimum atomic E-state index is 0.0980. The summed E-state index contributed by atoms with van der Waals surface area (Å²) in [6.07, 6.45) is 5.63. The Morgan fingerprint density at radius 2 is 1.83 bits per heavy atom. The van der Waals surface area contributed by atoms with E-state index in [1.807, 2.05) is 35.2 Å². The van der Waals surface area contributed by atoms with Gasteiger partial charge < -0.3 is 4.90 Å². The van der Waals surface area contributed by atoms with E-state index in [9.17, 15) is 4.79 Å². The van der Waals surface area contributed by atoms with E-state index in [1.54, 1.807) is 18.5 Å². The van der Waals surface area contributed by atoms with Crippen molar-refractivity contribution in [3.8, 4) is 22.5 Å². The minimum Gasteiger partial charge on any atom is -0.339 e. The summed E-state index contributed by atoms with van der Waals surface area (Å²) in [6, 6.07) is 13.7. The quantitative estimate of drug-likeness (QED) is 0.805. The van der Waals surface area contributed by atoms with Gasteiger partial charge in [-0.15, -0.1) is 0 Å². The number of hydrogen-bond donors (Lipinski definition) is 1. The maximum atomic E-state index is 12.6. The van der Waals surface area contributed by atoms with E-state index in [-0.39, 0.29) is 5.91 Å². The number of carbonyl (C=O) groups excluding carboxylic acids is 1. The first-order valence-electron chi connectivity index (χ1n) is 8.17. The summed E-state index contributed by atoms with van der Waals surface area (Å²) in [4.78, 5) is 18.9. The van der Waals surface area contributed by atoms with E-state index in [1.165, 1.54) is 0 Å². The second kappa shape index (κ2) is 6.28. The van der Waals surface area contributed by atoms with Gasteiger partial charge in [-0.25, -0.2) is 0 Å². The molecule has 24 heavy (non-hydrogen) atoms. The SMILES string of the molecule is O=C(c1ccnc(-c2cccc(-c3ccn[nH]3)c2)c1)N1CCCC1. The molecule has 1 N–H and O–H groups in total. The van der Waals surface area contributed by atoms with Crippen molar-refractivity contribution in [1.82, 2.24) is 20.1 Å². The number of rotatable bonds is 3. The summed E-state index contributed by atoms with van der Waals surface area (Å²) < 4.78 is 0. The molecule has 1 fully saturated rings. The molecular weight excluding hydrogens is 300 g/mol. The molecular formula is C19H18N4O. The average Bonchev–Trinajstić information content (AvgIpc) is 3.35. The first kappa shape index (κ1) is 14.6. The number of aromatic nitrogens is 3. The number of carbonyl (C=O) groups is 1. The van der Waals surface area contributed by atoms with Gasteiger partial charge in [0.25, 0.3) is 5.91 Å². The number of pyridine rings is 1. The van der Waals surface area contributed by atoms with Crippen LogP contribution in [0.1, 0.15) is 23.2 Å². The molecule has 1 amide bonds. The van der Waals surface area contributed by atoms with Crippen molar-refractivity contribution in [2.75, 3.05) is 13.1 Å². The molecule has 0 spiro atoms. The summed E-state index contributed by atoms with van der Waals surface area (Å²) in [6.45, 7) is 1.71. The van der Waals surface area contributed by atoms with Crippen LogP contribution in [-0.4, -0.2) is 39.1 Å². The van der Waals surface area contributed by atoms with Crippen molar-refractivity contribution >= 4 is 5.91 Å². The number of aromatic amines is 1. The molecule has 1 aliphatic heterocycles. The van der Waals surface area contributed by atoms with Crippen LogP contribution in [-0.2, 0) is 0 Å². The second-order valence-electron chi connectivity index (χ2n) is 5.98. The number of amides is 1. The highest BCUT2D eigenvalue weighted by Gasteiger charge is 2.19. The van der Waals surface area contributed by atoms with Crippen LogP contribution < -0.4 is 0 Å². The molecule has 0 saturated carbocycles. The Morgan fingerprint density at radius 3 is 2.62 bits per heavy atom. The van der Waals surface area contributed by atoms with Crippen molar-refractivity contribution in [2.24, 2.45) is 0 Å². The van der Waals surface area contributed by atoms with Gasteiger partial charge in [0, 0.05) is 42.2 Å². The second-order valence-corrected chi connectivity index (χ2v) is 5.98. The molecule has 1 aliphatic rings. The van der Waals surface area contributed by atoms with Gasteiger partial charge in [-0.1, -0.05) is 18.2 Å². The summed E-state index contributed by atoms with van der Waals surface area (Å²) in [5.41, 5.74) is 4.50. The third-order valence-corrected chi connectivity index (χ3v) is 4.37. The van der Waals surface area contributed by atoms with Gasteiger partial charge >= 0.3 is 0 Å². The monoisotopic (exact) mass is 318 g/mol. The Bertz CT molecular complexity index is 851. The predicted molar refractivity (Wildman–Crippen MR) is 92.4 cm³/mol. The molecule has 0 bridgehead atoms. The van der Waals surface area contributed by atoms with Crippen LogP contribution in [0.5, 0.6) is 0 Å². The lowest BCUT2D eigenvalue weighted by Gasteiger charge is -2.15. The Kier molecular flexibility index (Phi) is 3.83. The number of nitrogens with one attached hydrogen (secondary N) is 1. The van der Waals surface area contributed by atoms with Gasteiger partial charge in [0.2, 0.25) is 0 Å². The molecule has 0 atom stereocenters. The zero-order chi connectivity index (χ0) is 16.4. The molecule has 4 rings (SSSR count). The molecule has 5 heteroatoms. The Hall–Kier alpha value is -2.95. The topological polar surface area (TPSA) is 61.9 Å². The first-order valence-corrected chi connectivity index (χ1v) is 8.17. The van der Waals surface area contributed by atoms with E-state index in [0.29, 0.717) is 5.56 Å². The van der Waals surface area contributed by atoms with Crippen LogP contribution in [0.4, 0.5) is 0 Å². The maximum Gasteiger partial charge on any atom is 0.253 e. The molecule has 0 aliphatic carbocycles. The normalized spacial score (nSPS) is 14.1. The van der Waals surface area contributed by atoms with Crippen molar-refractivity contribution in [3.63, 3.8) is 0 Å². The zero-order valence-electron chi connectivity index (χ0n) is 13.3. The lowest BCUT2D eigenvalue weighted by atomic mass is 10.0. The van der Waals surface area contributed by atoms with Crippen LogP contribution in [0.3, 0.4) is 0 Å². The van der Waals surface area contributed by atoms with Gasteiger partial charge in [0.05, 0.1) is 11.4 Å². The van der Waals surface area contributed by atoms with E-state index in [2.05, 4.69) is 21.2 Å². The zero-order valence-corrected chi connectivity index (χ0v) is 13.3. The molecule has 3 aromatic rings. The van der Waals surface area contributed by atoms with Crippen LogP contribution in [0.15, 0.2) is 54.9 Å². The minimum absolute atomic E-state index is 0.0980. The fraction of sp³-hybridized carbons (Fsp3) is 0.211. The third-order valence-electron chi connectivity index (χ3n) is 4.37. The number of H-pyrrole nitrogens is 1. The summed E-state index contributed by atoms with van der Waals surface area (Å²) >= 11 is 0. The van der Waals surface area contributed by atoms with Crippen LogP contribution in [0.2, 0.25) is 0 Å². The predicted octanol–water partition coefficient (Wildman–Crippen LogP) is 3.37. The number of likely N-dealkylation sites (tertiary alicyclic amines) is 1. The van der Waals surface area contributed by atoms with E-state index in [0.717, 1.165) is 48.4 Å². The largest absolute Gasteiger partial charge is 0.339 e. The van der Waals surface area contributed by atoms with Crippen LogP contribution >= 0.6 is 0 Å². The Labute approximate surface area is 140 Å². The van der Waals surface area contributed by atoms with E-state index in [4.69, 9.17) is 0 Å². The maximum absolute atomic E-state index is 12.6. The van der Waals surface area contributed by atoms with Gasteiger partial charge in [-0.2, -0.15) is 5.10 Å². The smallest absolute Gasteiger partial charge is 0.253 e. The van der Waals surface area contributed by atoms with Gasteiger partial charge in [-0.3, -0.25) is 14.9 Å². The molecule has 0 unspecified atom stereocenters. The molecule has 3 heterocycles. The van der Waals surface area contributed by atoms with Gasteiger partial charge in [-0.05, 0) is 37.1 Å². The van der Waals surface area contributed by atoms with Crippen LogP contribution in [0, 0.1) is 0 Å². The van der Waals surface area contributed by atoms with Crippen molar-refractivity contribution in [3.05, 3.63) is 60.4 Å². The van der Waals surface area contributed by atoms with Crippen molar-refractivity contribution in [2.45, 2.75) is 12.8 Å². The summed E-state index contributed by atoms with van der Waals surface area (Å²) in [5, 5.41) is 6.96. The summed E-state index contributed by atoms with van der Waals surface area (Å²) in [5.74, 6) is 0.0980. The molecule has 1 saturated heterocycles. The molecule has 5 nitrogen and oxygen atoms in total. The van der Waals surface area contributed by atoms with E-state index >= 15 is 0 Å². The Balaban J connectivity index is 1.66. The third kappa shape index (κ3) is 2.80. The average molecular weight is 318 g/mol. The van der Waals surface area contributed by atoms with Gasteiger partial charge in [0.1, 0.15) is 0 Å².